The molecule has 0 saturated heterocycles. The van der Waals surface area contributed by atoms with E-state index >= 15 is 0 Å². The van der Waals surface area contributed by atoms with Gasteiger partial charge in [-0.3, -0.25) is 4.79 Å². The fourth-order valence-electron chi connectivity index (χ4n) is 0.507. The summed E-state index contributed by atoms with van der Waals surface area (Å²) in [6.07, 6.45) is 2.37. The summed E-state index contributed by atoms with van der Waals surface area (Å²) in [6.45, 7) is 1.78. The quantitative estimate of drug-likeness (QED) is 0.573. The van der Waals surface area contributed by atoms with Crippen molar-refractivity contribution < 1.29 is 15.0 Å². The minimum Gasteiger partial charge on any atom is -0.481 e. The van der Waals surface area contributed by atoms with Crippen LogP contribution in [-0.2, 0) is 4.79 Å². The minimum atomic E-state index is -0.804. The Balaban J connectivity index is 3.43. The highest BCUT2D eigenvalue weighted by atomic mass is 16.4. The number of rotatable bonds is 4. The molecule has 0 rings (SSSR count). The van der Waals surface area contributed by atoms with Gasteiger partial charge < -0.3 is 10.2 Å². The number of carboxylic acids is 1. The third kappa shape index (κ3) is 5.31. The van der Waals surface area contributed by atoms with Gasteiger partial charge >= 0.3 is 5.97 Å². The van der Waals surface area contributed by atoms with E-state index in [1.54, 1.807) is 13.0 Å². The molecule has 0 bridgehead atoms. The van der Waals surface area contributed by atoms with Gasteiger partial charge in [-0.05, 0) is 13.3 Å². The van der Waals surface area contributed by atoms with Crippen molar-refractivity contribution in [2.75, 3.05) is 6.61 Å². The van der Waals surface area contributed by atoms with Gasteiger partial charge in [-0.2, -0.15) is 0 Å². The summed E-state index contributed by atoms with van der Waals surface area (Å²) in [6, 6.07) is 0. The van der Waals surface area contributed by atoms with Gasteiger partial charge in [-0.25, -0.2) is 0 Å². The second-order valence-electron chi connectivity index (χ2n) is 2.14. The molecule has 0 aromatic carbocycles. The predicted octanol–water partition coefficient (Wildman–Crippen LogP) is 0.790. The molecule has 0 aromatic rings. The number of aliphatic hydroxyl groups excluding tert-OH is 1. The second-order valence-corrected chi connectivity index (χ2v) is 2.14. The Labute approximate surface area is 60.0 Å². The van der Waals surface area contributed by atoms with E-state index < -0.39 is 5.97 Å². The lowest BCUT2D eigenvalue weighted by Crippen LogP contribution is -1.93. The average Bonchev–Trinajstić information content (AvgIpc) is 1.87. The molecule has 10 heavy (non-hydrogen) atoms. The molecule has 0 heterocycles. The third-order valence-corrected chi connectivity index (χ3v) is 1.10. The number of allylic oxidation sites excluding steroid dienone is 1. The van der Waals surface area contributed by atoms with Crippen molar-refractivity contribution >= 4 is 5.97 Å². The van der Waals surface area contributed by atoms with Gasteiger partial charge in [0.15, 0.2) is 0 Å². The van der Waals surface area contributed by atoms with E-state index in [0.29, 0.717) is 6.42 Å². The number of aliphatic hydroxyl groups is 1. The monoisotopic (exact) mass is 144 g/mol. The molecule has 0 saturated carbocycles. The van der Waals surface area contributed by atoms with Crippen LogP contribution in [0.1, 0.15) is 19.8 Å². The molecule has 0 spiro atoms. The van der Waals surface area contributed by atoms with Crippen LogP contribution in [0.25, 0.3) is 0 Å². The lowest BCUT2D eigenvalue weighted by Gasteiger charge is -1.92. The molecule has 0 radical (unpaired) electrons. The zero-order valence-corrected chi connectivity index (χ0v) is 6.00. The van der Waals surface area contributed by atoms with E-state index in [4.69, 9.17) is 10.2 Å². The smallest absolute Gasteiger partial charge is 0.303 e. The van der Waals surface area contributed by atoms with Gasteiger partial charge in [-0.1, -0.05) is 11.6 Å². The van der Waals surface area contributed by atoms with Crippen LogP contribution in [0.3, 0.4) is 0 Å². The Morgan fingerprint density at radius 3 is 2.60 bits per heavy atom. The molecule has 0 aliphatic rings. The van der Waals surface area contributed by atoms with Crippen LogP contribution in [0.4, 0.5) is 0 Å². The number of carbonyl (C=O) groups is 1. The fraction of sp³-hybridized carbons (Fsp3) is 0.571. The van der Waals surface area contributed by atoms with Crippen molar-refractivity contribution in [2.24, 2.45) is 0 Å². The van der Waals surface area contributed by atoms with E-state index in [1.165, 1.54) is 0 Å². The molecule has 0 fully saturated rings. The van der Waals surface area contributed by atoms with Gasteiger partial charge in [0, 0.05) is 6.42 Å². The zero-order chi connectivity index (χ0) is 7.98. The number of aliphatic carboxylic acids is 1. The highest BCUT2D eigenvalue weighted by Crippen LogP contribution is 1.96. The third-order valence-electron chi connectivity index (χ3n) is 1.10. The lowest BCUT2D eigenvalue weighted by atomic mass is 10.2. The first kappa shape index (κ1) is 9.17. The topological polar surface area (TPSA) is 57.5 Å². The van der Waals surface area contributed by atoms with E-state index in [-0.39, 0.29) is 13.0 Å². The molecular weight excluding hydrogens is 132 g/mol. The summed E-state index contributed by atoms with van der Waals surface area (Å²) in [5, 5.41) is 16.7. The molecule has 0 unspecified atom stereocenters. The molecule has 2 N–H and O–H groups in total. The summed E-state index contributed by atoms with van der Waals surface area (Å²) in [7, 11) is 0. The Hall–Kier alpha value is -0.830. The molecule has 0 aliphatic heterocycles. The van der Waals surface area contributed by atoms with Gasteiger partial charge in [-0.15, -0.1) is 0 Å². The summed E-state index contributed by atoms with van der Waals surface area (Å²) in [4.78, 5) is 9.98. The maximum Gasteiger partial charge on any atom is 0.303 e. The minimum absolute atomic E-state index is 0.0135. The fourth-order valence-corrected chi connectivity index (χ4v) is 0.507. The van der Waals surface area contributed by atoms with Gasteiger partial charge in [0.1, 0.15) is 0 Å². The Kier molecular flexibility index (Phi) is 4.58. The van der Waals surface area contributed by atoms with Crippen molar-refractivity contribution in [3.8, 4) is 0 Å². The van der Waals surface area contributed by atoms with Crippen molar-refractivity contribution in [1.29, 1.82) is 0 Å². The predicted molar refractivity (Wildman–Crippen MR) is 37.7 cm³/mol. The first-order valence-corrected chi connectivity index (χ1v) is 3.15. The van der Waals surface area contributed by atoms with Crippen LogP contribution in [0.15, 0.2) is 11.6 Å². The normalized spacial score (nSPS) is 11.6. The standard InChI is InChI=1S/C7H12O3/c1-6(5-8)3-2-4-7(9)10/h3,8H,2,4-5H2,1H3,(H,9,10)/b6-3+. The van der Waals surface area contributed by atoms with Crippen LogP contribution < -0.4 is 0 Å². The van der Waals surface area contributed by atoms with Crippen LogP contribution >= 0.6 is 0 Å². The summed E-state index contributed by atoms with van der Waals surface area (Å²) >= 11 is 0. The molecule has 3 heteroatoms. The molecule has 58 valence electrons. The highest BCUT2D eigenvalue weighted by Gasteiger charge is 1.92. The Morgan fingerprint density at radius 2 is 2.20 bits per heavy atom. The molecule has 0 atom stereocenters. The maximum absolute atomic E-state index is 9.98. The SMILES string of the molecule is C/C(=C\CCC(=O)O)CO. The van der Waals surface area contributed by atoms with Gasteiger partial charge in [0.2, 0.25) is 0 Å². The molecule has 0 aromatic heterocycles. The van der Waals surface area contributed by atoms with Crippen molar-refractivity contribution in [2.45, 2.75) is 19.8 Å². The largest absolute Gasteiger partial charge is 0.481 e. The molecule has 3 nitrogen and oxygen atoms in total. The lowest BCUT2D eigenvalue weighted by molar-refractivity contribution is -0.136. The van der Waals surface area contributed by atoms with Gasteiger partial charge in [0.25, 0.3) is 0 Å². The summed E-state index contributed by atoms with van der Waals surface area (Å²) in [5.74, 6) is -0.804. The van der Waals surface area contributed by atoms with Crippen molar-refractivity contribution in [3.63, 3.8) is 0 Å². The average molecular weight is 144 g/mol. The first-order chi connectivity index (χ1) is 4.66. The zero-order valence-electron chi connectivity index (χ0n) is 6.00. The van der Waals surface area contributed by atoms with E-state index in [1.807, 2.05) is 0 Å². The van der Waals surface area contributed by atoms with Crippen LogP contribution in [0.5, 0.6) is 0 Å². The van der Waals surface area contributed by atoms with Crippen LogP contribution in [-0.4, -0.2) is 22.8 Å². The molecular formula is C7H12O3. The second kappa shape index (κ2) is 4.99. The van der Waals surface area contributed by atoms with E-state index in [2.05, 4.69) is 0 Å². The summed E-state index contributed by atoms with van der Waals surface area (Å²) < 4.78 is 0. The van der Waals surface area contributed by atoms with Crippen LogP contribution in [0.2, 0.25) is 0 Å². The highest BCUT2D eigenvalue weighted by molar-refractivity contribution is 5.66. The van der Waals surface area contributed by atoms with Crippen molar-refractivity contribution in [1.82, 2.24) is 0 Å². The van der Waals surface area contributed by atoms with Crippen LogP contribution in [0, 0.1) is 0 Å². The van der Waals surface area contributed by atoms with Crippen molar-refractivity contribution in [3.05, 3.63) is 11.6 Å². The molecule has 0 amide bonds. The maximum atomic E-state index is 9.98. The van der Waals surface area contributed by atoms with Gasteiger partial charge in [0.05, 0.1) is 6.61 Å². The Morgan fingerprint density at radius 1 is 1.60 bits per heavy atom. The Bertz CT molecular complexity index is 138. The number of carboxylic acid groups (broad SMARTS) is 1. The number of hydrogen-bond acceptors (Lipinski definition) is 2. The first-order valence-electron chi connectivity index (χ1n) is 3.15. The van der Waals surface area contributed by atoms with E-state index in [0.717, 1.165) is 5.57 Å². The number of hydrogen-bond donors (Lipinski definition) is 2. The van der Waals surface area contributed by atoms with E-state index in [9.17, 15) is 4.79 Å². The molecule has 0 aliphatic carbocycles. The summed E-state index contributed by atoms with van der Waals surface area (Å²) in [5.41, 5.74) is 0.821.